The van der Waals surface area contributed by atoms with Gasteiger partial charge < -0.3 is 14.9 Å². The number of esters is 1. The molecular formula is C5H6O6. The molecule has 11 heavy (non-hydrogen) atoms. The molecule has 0 saturated carbocycles. The molecule has 0 bridgehead atoms. The molecule has 0 saturated heterocycles. The van der Waals surface area contributed by atoms with Crippen LogP contribution in [-0.2, 0) is 19.1 Å². The van der Waals surface area contributed by atoms with Crippen LogP contribution < -0.4 is 0 Å². The van der Waals surface area contributed by atoms with Crippen molar-refractivity contribution in [2.75, 3.05) is 13.2 Å². The van der Waals surface area contributed by atoms with E-state index in [4.69, 9.17) is 10.2 Å². The number of aliphatic hydroxyl groups is 1. The molecule has 0 aliphatic rings. The van der Waals surface area contributed by atoms with Crippen molar-refractivity contribution in [1.82, 2.24) is 0 Å². The van der Waals surface area contributed by atoms with Crippen molar-refractivity contribution < 1.29 is 29.3 Å². The second-order valence-corrected chi connectivity index (χ2v) is 1.55. The molecule has 2 N–H and O–H groups in total. The van der Waals surface area contributed by atoms with Crippen molar-refractivity contribution in [3.8, 4) is 0 Å². The van der Waals surface area contributed by atoms with E-state index in [0.717, 1.165) is 0 Å². The van der Waals surface area contributed by atoms with Gasteiger partial charge in [0.05, 0.1) is 0 Å². The number of carbonyl (C=O) groups is 3. The lowest BCUT2D eigenvalue weighted by Crippen LogP contribution is -2.23. The van der Waals surface area contributed by atoms with Crippen LogP contribution in [0.5, 0.6) is 0 Å². The Balaban J connectivity index is 3.70. The first kappa shape index (κ1) is 9.57. The third-order valence-electron chi connectivity index (χ3n) is 0.698. The van der Waals surface area contributed by atoms with E-state index in [2.05, 4.69) is 4.74 Å². The quantitative estimate of drug-likeness (QED) is 0.372. The minimum atomic E-state index is -1.36. The fourth-order valence-corrected chi connectivity index (χ4v) is 0.272. The third kappa shape index (κ3) is 4.04. The summed E-state index contributed by atoms with van der Waals surface area (Å²) in [4.78, 5) is 30.3. The third-order valence-corrected chi connectivity index (χ3v) is 0.698. The monoisotopic (exact) mass is 162 g/mol. The highest BCUT2D eigenvalue weighted by atomic mass is 16.6. The van der Waals surface area contributed by atoms with Crippen molar-refractivity contribution in [3.63, 3.8) is 0 Å². The van der Waals surface area contributed by atoms with Gasteiger partial charge in [-0.15, -0.1) is 0 Å². The van der Waals surface area contributed by atoms with E-state index in [1.807, 2.05) is 0 Å². The van der Waals surface area contributed by atoms with E-state index in [1.165, 1.54) is 0 Å². The van der Waals surface area contributed by atoms with Crippen LogP contribution in [0, 0.1) is 0 Å². The maximum Gasteiger partial charge on any atom is 0.377 e. The zero-order chi connectivity index (χ0) is 8.85. The Hall–Kier alpha value is -1.43. The lowest BCUT2D eigenvalue weighted by atomic mass is 10.4. The van der Waals surface area contributed by atoms with E-state index in [1.54, 1.807) is 0 Å². The fraction of sp³-hybridized carbons (Fsp3) is 0.400. The van der Waals surface area contributed by atoms with Gasteiger partial charge in [-0.3, -0.25) is 4.79 Å². The normalized spacial score (nSPS) is 8.82. The Morgan fingerprint density at radius 2 is 1.82 bits per heavy atom. The van der Waals surface area contributed by atoms with Crippen molar-refractivity contribution in [2.45, 2.75) is 0 Å². The molecule has 0 heterocycles. The first-order valence-corrected chi connectivity index (χ1v) is 2.60. The molecule has 0 atom stereocenters. The van der Waals surface area contributed by atoms with Gasteiger partial charge in [0.1, 0.15) is 6.61 Å². The lowest BCUT2D eigenvalue weighted by molar-refractivity contribution is -0.160. The zero-order valence-electron chi connectivity index (χ0n) is 5.44. The summed E-state index contributed by atoms with van der Waals surface area (Å²) in [6.45, 7) is -1.84. The van der Waals surface area contributed by atoms with Crippen LogP contribution in [0.4, 0.5) is 0 Å². The molecule has 0 aliphatic carbocycles. The molecule has 0 spiro atoms. The van der Waals surface area contributed by atoms with Gasteiger partial charge in [-0.2, -0.15) is 0 Å². The van der Waals surface area contributed by atoms with Crippen LogP contribution >= 0.6 is 0 Å². The Bertz CT molecular complexity index is 183. The second-order valence-electron chi connectivity index (χ2n) is 1.55. The molecule has 0 radical (unpaired) electrons. The average Bonchev–Trinajstić information content (AvgIpc) is 1.98. The summed E-state index contributed by atoms with van der Waals surface area (Å²) in [5.74, 6) is -3.86. The number of ketones is 1. The maximum absolute atomic E-state index is 10.3. The predicted molar refractivity (Wildman–Crippen MR) is 30.7 cm³/mol. The number of aliphatic hydroxyl groups excluding tert-OH is 1. The number of Topliss-reactive ketones (excluding diaryl/α,β-unsaturated/α-hetero) is 1. The summed E-state index contributed by atoms with van der Waals surface area (Å²) in [7, 11) is 0. The van der Waals surface area contributed by atoms with Gasteiger partial charge in [0.2, 0.25) is 0 Å². The smallest absolute Gasteiger partial charge is 0.377 e. The van der Waals surface area contributed by atoms with E-state index in [9.17, 15) is 14.4 Å². The van der Waals surface area contributed by atoms with E-state index in [0.29, 0.717) is 0 Å². The summed E-state index contributed by atoms with van der Waals surface area (Å²) >= 11 is 0. The molecule has 0 amide bonds. The summed E-state index contributed by atoms with van der Waals surface area (Å²) in [5, 5.41) is 16.0. The van der Waals surface area contributed by atoms with Gasteiger partial charge >= 0.3 is 11.9 Å². The van der Waals surface area contributed by atoms with Gasteiger partial charge in [-0.05, 0) is 0 Å². The molecule has 0 rings (SSSR count). The number of ether oxygens (including phenoxy) is 1. The highest BCUT2D eigenvalue weighted by Crippen LogP contribution is 1.80. The predicted octanol–water partition coefficient (Wildman–Crippen LogP) is -1.82. The number of hydrogen-bond acceptors (Lipinski definition) is 5. The summed E-state index contributed by atoms with van der Waals surface area (Å²) in [6, 6.07) is 0. The molecule has 6 heteroatoms. The number of hydrogen-bond donors (Lipinski definition) is 2. The van der Waals surface area contributed by atoms with Crippen molar-refractivity contribution in [1.29, 1.82) is 0 Å². The maximum atomic E-state index is 10.3. The number of carboxylic acids is 1. The van der Waals surface area contributed by atoms with Crippen molar-refractivity contribution in [3.05, 3.63) is 0 Å². The highest BCUT2D eigenvalue weighted by Gasteiger charge is 2.14. The SMILES string of the molecule is O=C(O)COC(=O)C(=O)CO. The molecule has 0 aromatic rings. The molecular weight excluding hydrogens is 156 g/mol. The molecule has 0 aromatic carbocycles. The number of carbonyl (C=O) groups excluding carboxylic acids is 2. The minimum Gasteiger partial charge on any atom is -0.479 e. The average molecular weight is 162 g/mol. The van der Waals surface area contributed by atoms with Crippen LogP contribution in [0.1, 0.15) is 0 Å². The highest BCUT2D eigenvalue weighted by molar-refractivity contribution is 6.34. The molecule has 0 unspecified atom stereocenters. The van der Waals surface area contributed by atoms with E-state index >= 15 is 0 Å². The fourth-order valence-electron chi connectivity index (χ4n) is 0.272. The summed E-state index contributed by atoms with van der Waals surface area (Å²) < 4.78 is 3.91. The van der Waals surface area contributed by atoms with Gasteiger partial charge in [0.25, 0.3) is 5.78 Å². The Kier molecular flexibility index (Phi) is 3.82. The van der Waals surface area contributed by atoms with Gasteiger partial charge in [0.15, 0.2) is 6.61 Å². The van der Waals surface area contributed by atoms with Crippen molar-refractivity contribution >= 4 is 17.7 Å². The second kappa shape index (κ2) is 4.40. The Morgan fingerprint density at radius 3 is 2.18 bits per heavy atom. The summed E-state index contributed by atoms with van der Waals surface area (Å²) in [6.07, 6.45) is 0. The van der Waals surface area contributed by atoms with Crippen LogP contribution in [0.3, 0.4) is 0 Å². The van der Waals surface area contributed by atoms with E-state index in [-0.39, 0.29) is 0 Å². The molecule has 0 aliphatic heterocycles. The number of aliphatic carboxylic acids is 1. The molecule has 6 nitrogen and oxygen atoms in total. The van der Waals surface area contributed by atoms with Crippen molar-refractivity contribution in [2.24, 2.45) is 0 Å². The van der Waals surface area contributed by atoms with Crippen LogP contribution in [0.2, 0.25) is 0 Å². The van der Waals surface area contributed by atoms with Gasteiger partial charge in [-0.1, -0.05) is 0 Å². The standard InChI is InChI=1S/C5H6O6/c6-1-3(7)5(10)11-2-4(8)9/h6H,1-2H2,(H,8,9). The van der Waals surface area contributed by atoms with Crippen LogP contribution in [0.15, 0.2) is 0 Å². The first-order chi connectivity index (χ1) is 5.07. The Labute approximate surface area is 61.4 Å². The largest absolute Gasteiger partial charge is 0.479 e. The van der Waals surface area contributed by atoms with Gasteiger partial charge in [-0.25, -0.2) is 9.59 Å². The topological polar surface area (TPSA) is 101 Å². The van der Waals surface area contributed by atoms with Crippen LogP contribution in [0.25, 0.3) is 0 Å². The number of rotatable bonds is 4. The number of carboxylic acid groups (broad SMARTS) is 1. The lowest BCUT2D eigenvalue weighted by Gasteiger charge is -1.96. The van der Waals surface area contributed by atoms with Crippen LogP contribution in [-0.4, -0.2) is 41.1 Å². The molecule has 0 fully saturated rings. The molecule has 0 aromatic heterocycles. The summed E-state index contributed by atoms with van der Waals surface area (Å²) in [5.41, 5.74) is 0. The minimum absolute atomic E-state index is 0.870. The Morgan fingerprint density at radius 1 is 1.27 bits per heavy atom. The van der Waals surface area contributed by atoms with E-state index < -0.39 is 30.9 Å². The molecule has 62 valence electrons. The van der Waals surface area contributed by atoms with Gasteiger partial charge in [0, 0.05) is 0 Å². The first-order valence-electron chi connectivity index (χ1n) is 2.60. The zero-order valence-corrected chi connectivity index (χ0v) is 5.44.